The van der Waals surface area contributed by atoms with Crippen molar-refractivity contribution in [2.24, 2.45) is 5.41 Å². The highest BCUT2D eigenvalue weighted by atomic mass is 32.1. The van der Waals surface area contributed by atoms with E-state index >= 15 is 0 Å². The van der Waals surface area contributed by atoms with Crippen LogP contribution in [0.15, 0.2) is 12.1 Å². The molecular weight excluding hydrogens is 214 g/mol. The van der Waals surface area contributed by atoms with Crippen LogP contribution in [0.5, 0.6) is 0 Å². The van der Waals surface area contributed by atoms with Crippen molar-refractivity contribution in [1.82, 2.24) is 5.32 Å². The molecule has 0 aliphatic carbocycles. The Morgan fingerprint density at radius 3 is 2.38 bits per heavy atom. The van der Waals surface area contributed by atoms with Crippen LogP contribution in [0.4, 0.5) is 0 Å². The Labute approximate surface area is 104 Å². The normalized spacial score (nSPS) is 14.1. The molecule has 1 unspecified atom stereocenters. The predicted molar refractivity (Wildman–Crippen MR) is 74.2 cm³/mol. The fourth-order valence-corrected chi connectivity index (χ4v) is 3.15. The first-order valence-corrected chi connectivity index (χ1v) is 7.18. The molecule has 92 valence electrons. The van der Waals surface area contributed by atoms with Gasteiger partial charge in [-0.25, -0.2) is 0 Å². The third-order valence-electron chi connectivity index (χ3n) is 3.42. The number of aryl methyl sites for hydroxylation is 1. The van der Waals surface area contributed by atoms with E-state index in [1.54, 1.807) is 0 Å². The molecular formula is C14H25NS. The number of rotatable bonds is 6. The summed E-state index contributed by atoms with van der Waals surface area (Å²) in [5.41, 5.74) is 0.325. The molecule has 16 heavy (non-hydrogen) atoms. The van der Waals surface area contributed by atoms with Crippen molar-refractivity contribution in [3.8, 4) is 0 Å². The zero-order valence-electron chi connectivity index (χ0n) is 11.3. The van der Waals surface area contributed by atoms with Crippen molar-refractivity contribution in [3.63, 3.8) is 0 Å². The van der Waals surface area contributed by atoms with Gasteiger partial charge in [0.25, 0.3) is 0 Å². The van der Waals surface area contributed by atoms with Gasteiger partial charge in [0.05, 0.1) is 0 Å². The van der Waals surface area contributed by atoms with Crippen molar-refractivity contribution < 1.29 is 0 Å². The standard InChI is InChI=1S/C14H25NS/c1-6-11-9-10-12(16-11)13(15-8-3)14(4,5)7-2/h9-10,13,15H,6-8H2,1-5H3. The van der Waals surface area contributed by atoms with Gasteiger partial charge in [-0.05, 0) is 36.9 Å². The zero-order chi connectivity index (χ0) is 12.2. The van der Waals surface area contributed by atoms with Gasteiger partial charge in [0, 0.05) is 15.8 Å². The lowest BCUT2D eigenvalue weighted by Gasteiger charge is -2.33. The van der Waals surface area contributed by atoms with Crippen LogP contribution in [0.25, 0.3) is 0 Å². The zero-order valence-corrected chi connectivity index (χ0v) is 12.1. The molecule has 0 aliphatic heterocycles. The number of hydrogen-bond donors (Lipinski definition) is 1. The van der Waals surface area contributed by atoms with Gasteiger partial charge in [0.2, 0.25) is 0 Å². The van der Waals surface area contributed by atoms with Crippen LogP contribution < -0.4 is 5.32 Å². The Morgan fingerprint density at radius 2 is 1.94 bits per heavy atom. The first-order chi connectivity index (χ1) is 7.55. The van der Waals surface area contributed by atoms with Crippen LogP contribution >= 0.6 is 11.3 Å². The van der Waals surface area contributed by atoms with Crippen LogP contribution in [0.1, 0.15) is 56.8 Å². The first kappa shape index (κ1) is 13.7. The van der Waals surface area contributed by atoms with Gasteiger partial charge >= 0.3 is 0 Å². The Kier molecular flexibility index (Phi) is 5.00. The van der Waals surface area contributed by atoms with E-state index in [9.17, 15) is 0 Å². The number of hydrogen-bond acceptors (Lipinski definition) is 2. The smallest absolute Gasteiger partial charge is 0.0466 e. The van der Waals surface area contributed by atoms with Crippen molar-refractivity contribution >= 4 is 11.3 Å². The summed E-state index contributed by atoms with van der Waals surface area (Å²) in [6.07, 6.45) is 2.35. The third-order valence-corrected chi connectivity index (χ3v) is 4.71. The molecule has 1 N–H and O–H groups in total. The Bertz CT molecular complexity index is 314. The van der Waals surface area contributed by atoms with E-state index in [4.69, 9.17) is 0 Å². The topological polar surface area (TPSA) is 12.0 Å². The predicted octanol–water partition coefficient (Wildman–Crippen LogP) is 4.40. The molecule has 0 saturated carbocycles. The molecule has 0 saturated heterocycles. The van der Waals surface area contributed by atoms with Crippen LogP contribution in [0.2, 0.25) is 0 Å². The molecule has 1 rings (SSSR count). The van der Waals surface area contributed by atoms with Crippen molar-refractivity contribution in [1.29, 1.82) is 0 Å². The summed E-state index contributed by atoms with van der Waals surface area (Å²) < 4.78 is 0. The van der Waals surface area contributed by atoms with Crippen molar-refractivity contribution in [3.05, 3.63) is 21.9 Å². The second-order valence-corrected chi connectivity index (χ2v) is 6.19. The van der Waals surface area contributed by atoms with Gasteiger partial charge in [-0.3, -0.25) is 0 Å². The van der Waals surface area contributed by atoms with Crippen LogP contribution in [-0.2, 0) is 6.42 Å². The Morgan fingerprint density at radius 1 is 1.25 bits per heavy atom. The molecule has 0 aromatic carbocycles. The van der Waals surface area contributed by atoms with E-state index in [1.165, 1.54) is 16.2 Å². The van der Waals surface area contributed by atoms with Crippen LogP contribution in [0.3, 0.4) is 0 Å². The minimum atomic E-state index is 0.325. The second-order valence-electron chi connectivity index (χ2n) is 4.99. The first-order valence-electron chi connectivity index (χ1n) is 6.37. The van der Waals surface area contributed by atoms with Gasteiger partial charge in [0.15, 0.2) is 0 Å². The summed E-state index contributed by atoms with van der Waals surface area (Å²) in [6.45, 7) is 12.4. The van der Waals surface area contributed by atoms with Gasteiger partial charge in [0.1, 0.15) is 0 Å². The second kappa shape index (κ2) is 5.83. The molecule has 1 nitrogen and oxygen atoms in total. The van der Waals surface area contributed by atoms with Gasteiger partial charge in [-0.2, -0.15) is 0 Å². The summed E-state index contributed by atoms with van der Waals surface area (Å²) in [6, 6.07) is 5.07. The van der Waals surface area contributed by atoms with E-state index in [1.807, 2.05) is 11.3 Å². The van der Waals surface area contributed by atoms with Crippen LogP contribution in [0, 0.1) is 5.41 Å². The highest BCUT2D eigenvalue weighted by Gasteiger charge is 2.29. The summed E-state index contributed by atoms with van der Waals surface area (Å²) in [4.78, 5) is 2.98. The largest absolute Gasteiger partial charge is 0.309 e. The van der Waals surface area contributed by atoms with E-state index in [2.05, 4.69) is 52.1 Å². The monoisotopic (exact) mass is 239 g/mol. The fourth-order valence-electron chi connectivity index (χ4n) is 1.91. The average molecular weight is 239 g/mol. The van der Waals surface area contributed by atoms with Gasteiger partial charge < -0.3 is 5.32 Å². The summed E-state index contributed by atoms with van der Waals surface area (Å²) in [5, 5.41) is 3.64. The molecule has 1 aromatic rings. The minimum Gasteiger partial charge on any atom is -0.309 e. The van der Waals surface area contributed by atoms with Crippen molar-refractivity contribution in [2.45, 2.75) is 53.5 Å². The molecule has 1 heterocycles. The number of thiophene rings is 1. The third kappa shape index (κ3) is 3.08. The molecule has 1 atom stereocenters. The molecule has 0 aliphatic rings. The SMILES string of the molecule is CCNC(c1ccc(CC)s1)C(C)(C)CC. The molecule has 0 bridgehead atoms. The Balaban J connectivity index is 2.92. The average Bonchev–Trinajstić information content (AvgIpc) is 2.73. The van der Waals surface area contributed by atoms with E-state index in [0.717, 1.165) is 13.0 Å². The lowest BCUT2D eigenvalue weighted by Crippen LogP contribution is -2.33. The van der Waals surface area contributed by atoms with Crippen molar-refractivity contribution in [2.75, 3.05) is 6.54 Å². The maximum Gasteiger partial charge on any atom is 0.0466 e. The maximum atomic E-state index is 3.64. The van der Waals surface area contributed by atoms with Gasteiger partial charge in [-0.15, -0.1) is 11.3 Å². The highest BCUT2D eigenvalue weighted by molar-refractivity contribution is 7.12. The lowest BCUT2D eigenvalue weighted by molar-refractivity contribution is 0.240. The molecule has 1 aromatic heterocycles. The highest BCUT2D eigenvalue weighted by Crippen LogP contribution is 2.39. The van der Waals surface area contributed by atoms with E-state index < -0.39 is 0 Å². The molecule has 0 fully saturated rings. The maximum absolute atomic E-state index is 3.64. The summed E-state index contributed by atoms with van der Waals surface area (Å²) in [5.74, 6) is 0. The lowest BCUT2D eigenvalue weighted by atomic mass is 9.81. The molecule has 0 spiro atoms. The van der Waals surface area contributed by atoms with Gasteiger partial charge in [-0.1, -0.05) is 34.6 Å². The summed E-state index contributed by atoms with van der Waals surface area (Å²) in [7, 11) is 0. The summed E-state index contributed by atoms with van der Waals surface area (Å²) >= 11 is 1.96. The van der Waals surface area contributed by atoms with Crippen LogP contribution in [-0.4, -0.2) is 6.54 Å². The molecule has 0 amide bonds. The fraction of sp³-hybridized carbons (Fsp3) is 0.714. The van der Waals surface area contributed by atoms with E-state index in [0.29, 0.717) is 11.5 Å². The Hall–Kier alpha value is -0.340. The molecule has 0 radical (unpaired) electrons. The van der Waals surface area contributed by atoms with E-state index in [-0.39, 0.29) is 0 Å². The quantitative estimate of drug-likeness (QED) is 0.776. The number of nitrogens with one attached hydrogen (secondary N) is 1. The molecule has 2 heteroatoms. The minimum absolute atomic E-state index is 0.325.